The zero-order valence-electron chi connectivity index (χ0n) is 15.6. The van der Waals surface area contributed by atoms with Crippen molar-refractivity contribution in [2.24, 2.45) is 11.8 Å². The second-order valence-corrected chi connectivity index (χ2v) is 6.89. The monoisotopic (exact) mass is 390 g/mol. The molecule has 2 N–H and O–H groups in total. The van der Waals surface area contributed by atoms with Gasteiger partial charge in [0.25, 0.3) is 0 Å². The number of rotatable bonds is 6. The molecule has 1 aliphatic heterocycles. The van der Waals surface area contributed by atoms with E-state index in [1.807, 2.05) is 18.2 Å². The standard InChI is InChI=1S/C21H26N2O3.ClH/c1-26-21(25)19(14-23-20(24)18-7-4-10-22-13-18)12-15-8-9-16-5-2-3-6-17(16)11-15;/h2-3,5-6,8-9,11,18-19,22H,4,7,10,12-14H2,1H3,(H,23,24);1H. The molecule has 5 nitrogen and oxygen atoms in total. The number of carbonyl (C=O) groups is 2. The molecule has 1 amide bonds. The van der Waals surface area contributed by atoms with Gasteiger partial charge in [-0.25, -0.2) is 0 Å². The van der Waals surface area contributed by atoms with E-state index in [0.29, 0.717) is 19.5 Å². The maximum absolute atomic E-state index is 12.3. The molecule has 146 valence electrons. The van der Waals surface area contributed by atoms with E-state index in [9.17, 15) is 9.59 Å². The Morgan fingerprint density at radius 3 is 2.70 bits per heavy atom. The van der Waals surface area contributed by atoms with Crippen LogP contribution in [0.3, 0.4) is 0 Å². The molecule has 0 aromatic heterocycles. The number of hydrogen-bond donors (Lipinski definition) is 2. The summed E-state index contributed by atoms with van der Waals surface area (Å²) in [6, 6.07) is 14.3. The molecule has 2 aromatic carbocycles. The maximum atomic E-state index is 12.3. The van der Waals surface area contributed by atoms with Crippen molar-refractivity contribution >= 4 is 35.1 Å². The van der Waals surface area contributed by atoms with Crippen LogP contribution in [0, 0.1) is 11.8 Å². The second-order valence-electron chi connectivity index (χ2n) is 6.89. The van der Waals surface area contributed by atoms with E-state index in [2.05, 4.69) is 34.9 Å². The molecule has 27 heavy (non-hydrogen) atoms. The summed E-state index contributed by atoms with van der Waals surface area (Å²) < 4.78 is 4.95. The van der Waals surface area contributed by atoms with Crippen LogP contribution in [0.4, 0.5) is 0 Å². The number of ether oxygens (including phenoxy) is 1. The SMILES string of the molecule is COC(=O)C(CNC(=O)C1CCCNC1)Cc1ccc2ccccc2c1.Cl. The summed E-state index contributed by atoms with van der Waals surface area (Å²) in [5.74, 6) is -0.672. The van der Waals surface area contributed by atoms with Gasteiger partial charge in [0.1, 0.15) is 0 Å². The van der Waals surface area contributed by atoms with Gasteiger partial charge in [-0.1, -0.05) is 42.5 Å². The molecular formula is C21H27ClN2O3. The van der Waals surface area contributed by atoms with E-state index in [4.69, 9.17) is 4.74 Å². The van der Waals surface area contributed by atoms with E-state index >= 15 is 0 Å². The highest BCUT2D eigenvalue weighted by atomic mass is 35.5. The Balaban J connectivity index is 0.00000261. The van der Waals surface area contributed by atoms with Crippen molar-refractivity contribution in [2.45, 2.75) is 19.3 Å². The average molecular weight is 391 g/mol. The third-order valence-electron chi connectivity index (χ3n) is 5.02. The first-order valence-corrected chi connectivity index (χ1v) is 9.21. The fourth-order valence-electron chi connectivity index (χ4n) is 3.50. The molecule has 1 fully saturated rings. The molecule has 6 heteroatoms. The van der Waals surface area contributed by atoms with Crippen molar-refractivity contribution in [3.63, 3.8) is 0 Å². The predicted molar refractivity (Wildman–Crippen MR) is 109 cm³/mol. The number of hydrogen-bond acceptors (Lipinski definition) is 4. The lowest BCUT2D eigenvalue weighted by molar-refractivity contribution is -0.145. The van der Waals surface area contributed by atoms with E-state index in [-0.39, 0.29) is 36.1 Å². The van der Waals surface area contributed by atoms with Crippen LogP contribution in [-0.4, -0.2) is 38.6 Å². The van der Waals surface area contributed by atoms with Gasteiger partial charge in [-0.2, -0.15) is 0 Å². The molecule has 2 aromatic rings. The van der Waals surface area contributed by atoms with Gasteiger partial charge in [-0.3, -0.25) is 9.59 Å². The largest absolute Gasteiger partial charge is 0.469 e. The molecule has 0 spiro atoms. The zero-order valence-corrected chi connectivity index (χ0v) is 16.4. The number of halogens is 1. The quantitative estimate of drug-likeness (QED) is 0.744. The van der Waals surface area contributed by atoms with Crippen molar-refractivity contribution in [1.82, 2.24) is 10.6 Å². The lowest BCUT2D eigenvalue weighted by Crippen LogP contribution is -2.43. The smallest absolute Gasteiger partial charge is 0.310 e. The third kappa shape index (κ3) is 5.68. The molecule has 0 bridgehead atoms. The number of methoxy groups -OCH3 is 1. The normalized spacial score (nSPS) is 17.6. The summed E-state index contributed by atoms with van der Waals surface area (Å²) >= 11 is 0. The highest BCUT2D eigenvalue weighted by Gasteiger charge is 2.24. The number of nitrogens with one attached hydrogen (secondary N) is 2. The highest BCUT2D eigenvalue weighted by molar-refractivity contribution is 5.85. The number of carbonyl (C=O) groups excluding carboxylic acids is 2. The summed E-state index contributed by atoms with van der Waals surface area (Å²) in [5, 5.41) is 8.50. The van der Waals surface area contributed by atoms with Gasteiger partial charge in [0.2, 0.25) is 5.91 Å². The van der Waals surface area contributed by atoms with Crippen LogP contribution < -0.4 is 10.6 Å². The number of benzene rings is 2. The minimum absolute atomic E-state index is 0. The first kappa shape index (κ1) is 21.2. The lowest BCUT2D eigenvalue weighted by Gasteiger charge is -2.23. The Labute approximate surface area is 166 Å². The molecule has 2 atom stereocenters. The van der Waals surface area contributed by atoms with Crippen molar-refractivity contribution < 1.29 is 14.3 Å². The van der Waals surface area contributed by atoms with Gasteiger partial charge in [-0.15, -0.1) is 12.4 Å². The summed E-state index contributed by atoms with van der Waals surface area (Å²) in [5.41, 5.74) is 1.06. The van der Waals surface area contributed by atoms with Crippen LogP contribution in [-0.2, 0) is 20.7 Å². The minimum atomic E-state index is -0.387. The molecule has 0 aliphatic carbocycles. The molecule has 3 rings (SSSR count). The fourth-order valence-corrected chi connectivity index (χ4v) is 3.50. The maximum Gasteiger partial charge on any atom is 0.310 e. The summed E-state index contributed by atoms with van der Waals surface area (Å²) in [7, 11) is 1.39. The Kier molecular flexibility index (Phi) is 8.07. The van der Waals surface area contributed by atoms with Gasteiger partial charge in [0.15, 0.2) is 0 Å². The molecule has 1 saturated heterocycles. The van der Waals surface area contributed by atoms with Crippen molar-refractivity contribution in [1.29, 1.82) is 0 Å². The van der Waals surface area contributed by atoms with Crippen LogP contribution in [0.2, 0.25) is 0 Å². The number of amides is 1. The van der Waals surface area contributed by atoms with E-state index in [0.717, 1.165) is 30.3 Å². The summed E-state index contributed by atoms with van der Waals surface area (Å²) in [6.07, 6.45) is 2.45. The van der Waals surface area contributed by atoms with Gasteiger partial charge in [-0.05, 0) is 42.1 Å². The molecule has 1 heterocycles. The van der Waals surface area contributed by atoms with E-state index in [1.54, 1.807) is 0 Å². The summed E-state index contributed by atoms with van der Waals surface area (Å²) in [6.45, 7) is 1.98. The van der Waals surface area contributed by atoms with Crippen LogP contribution >= 0.6 is 12.4 Å². The molecule has 1 aliphatic rings. The minimum Gasteiger partial charge on any atom is -0.469 e. The summed E-state index contributed by atoms with van der Waals surface area (Å²) in [4.78, 5) is 24.5. The molecule has 2 unspecified atom stereocenters. The Morgan fingerprint density at radius 1 is 1.22 bits per heavy atom. The Hall–Kier alpha value is -2.11. The van der Waals surface area contributed by atoms with Gasteiger partial charge >= 0.3 is 5.97 Å². The van der Waals surface area contributed by atoms with Crippen molar-refractivity contribution in [3.05, 3.63) is 48.0 Å². The highest BCUT2D eigenvalue weighted by Crippen LogP contribution is 2.19. The van der Waals surface area contributed by atoms with Gasteiger partial charge in [0.05, 0.1) is 18.9 Å². The second kappa shape index (κ2) is 10.3. The lowest BCUT2D eigenvalue weighted by atomic mass is 9.95. The molecular weight excluding hydrogens is 364 g/mol. The van der Waals surface area contributed by atoms with Crippen molar-refractivity contribution in [2.75, 3.05) is 26.7 Å². The van der Waals surface area contributed by atoms with E-state index < -0.39 is 0 Å². The Morgan fingerprint density at radius 2 is 2.00 bits per heavy atom. The van der Waals surface area contributed by atoms with Gasteiger partial charge < -0.3 is 15.4 Å². The molecule has 0 radical (unpaired) electrons. The predicted octanol–water partition coefficient (Wildman–Crippen LogP) is 2.71. The molecule has 0 saturated carbocycles. The number of fused-ring (bicyclic) bond motifs is 1. The van der Waals surface area contributed by atoms with Gasteiger partial charge in [0, 0.05) is 13.1 Å². The van der Waals surface area contributed by atoms with Crippen LogP contribution in [0.25, 0.3) is 10.8 Å². The first-order chi connectivity index (χ1) is 12.7. The van der Waals surface area contributed by atoms with Crippen LogP contribution in [0.1, 0.15) is 18.4 Å². The average Bonchev–Trinajstić information content (AvgIpc) is 2.70. The first-order valence-electron chi connectivity index (χ1n) is 9.21. The fraction of sp³-hybridized carbons (Fsp3) is 0.429. The van der Waals surface area contributed by atoms with Crippen LogP contribution in [0.15, 0.2) is 42.5 Å². The Bertz CT molecular complexity index is 775. The van der Waals surface area contributed by atoms with E-state index in [1.165, 1.54) is 12.5 Å². The third-order valence-corrected chi connectivity index (χ3v) is 5.02. The number of piperidine rings is 1. The zero-order chi connectivity index (χ0) is 18.4. The van der Waals surface area contributed by atoms with Crippen molar-refractivity contribution in [3.8, 4) is 0 Å². The topological polar surface area (TPSA) is 67.4 Å². The van der Waals surface area contributed by atoms with Crippen LogP contribution in [0.5, 0.6) is 0 Å². The number of esters is 1.